The number of amides is 1. The summed E-state index contributed by atoms with van der Waals surface area (Å²) in [5.41, 5.74) is 0.340. The number of non-ortho nitro benzene ring substituents is 1. The number of methoxy groups -OCH3 is 1. The normalized spacial score (nSPS) is 18.4. The molecule has 1 aromatic heterocycles. The van der Waals surface area contributed by atoms with E-state index in [1.165, 1.54) is 36.3 Å². The van der Waals surface area contributed by atoms with Gasteiger partial charge in [-0.1, -0.05) is 24.3 Å². The van der Waals surface area contributed by atoms with Gasteiger partial charge in [0.25, 0.3) is 11.6 Å². The molecule has 2 aliphatic heterocycles. The third-order valence-corrected chi connectivity index (χ3v) is 6.87. The summed E-state index contributed by atoms with van der Waals surface area (Å²) in [6.45, 7) is 3.78. The van der Waals surface area contributed by atoms with Crippen LogP contribution in [0, 0.1) is 10.1 Å². The number of carbonyl (C=O) groups is 2. The minimum absolute atomic E-state index is 0.0792. The van der Waals surface area contributed by atoms with Crippen molar-refractivity contribution in [1.29, 1.82) is 0 Å². The fraction of sp³-hybridized carbons (Fsp3) is 0.333. The van der Waals surface area contributed by atoms with Crippen LogP contribution >= 0.6 is 0 Å². The minimum Gasteiger partial charge on any atom is -0.503 e. The first-order valence-corrected chi connectivity index (χ1v) is 12.3. The summed E-state index contributed by atoms with van der Waals surface area (Å²) < 4.78 is 16.5. The number of hydrogen-bond donors (Lipinski definition) is 1. The maximum absolute atomic E-state index is 13.8. The van der Waals surface area contributed by atoms with E-state index in [4.69, 9.17) is 13.9 Å². The summed E-state index contributed by atoms with van der Waals surface area (Å²) in [5, 5.41) is 23.0. The Balaban J connectivity index is 1.50. The molecule has 198 valence electrons. The lowest BCUT2D eigenvalue weighted by atomic mass is 9.94. The summed E-state index contributed by atoms with van der Waals surface area (Å²) in [6, 6.07) is 11.5. The van der Waals surface area contributed by atoms with Crippen LogP contribution in [0.1, 0.15) is 28.6 Å². The van der Waals surface area contributed by atoms with Crippen molar-refractivity contribution in [3.05, 3.63) is 81.3 Å². The van der Waals surface area contributed by atoms with Gasteiger partial charge in [0.2, 0.25) is 5.78 Å². The van der Waals surface area contributed by atoms with Gasteiger partial charge in [0.15, 0.2) is 22.9 Å². The number of rotatable bonds is 9. The maximum Gasteiger partial charge on any atom is 0.290 e. The molecule has 1 amide bonds. The SMILES string of the molecule is COc1cccc2cc(C(=O)C3=C(O)C(=O)N(CCCN4CCOCC4)[C@@H]3c3cccc([N+](=O)[O-])c3)oc12. The molecule has 5 rings (SSSR count). The van der Waals surface area contributed by atoms with E-state index in [9.17, 15) is 24.8 Å². The molecular formula is C27H27N3O8. The first-order valence-electron chi connectivity index (χ1n) is 12.3. The number of nitro groups is 1. The Labute approximate surface area is 218 Å². The number of aliphatic hydroxyl groups excluding tert-OH is 1. The van der Waals surface area contributed by atoms with Crippen LogP contribution < -0.4 is 4.74 Å². The number of ether oxygens (including phenoxy) is 2. The lowest BCUT2D eigenvalue weighted by molar-refractivity contribution is -0.384. The van der Waals surface area contributed by atoms with Crippen molar-refractivity contribution in [1.82, 2.24) is 9.80 Å². The topological polar surface area (TPSA) is 136 Å². The second-order valence-electron chi connectivity index (χ2n) is 9.14. The lowest BCUT2D eigenvalue weighted by Crippen LogP contribution is -2.39. The molecule has 0 radical (unpaired) electrons. The minimum atomic E-state index is -1.02. The van der Waals surface area contributed by atoms with E-state index in [0.717, 1.165) is 13.1 Å². The zero-order valence-electron chi connectivity index (χ0n) is 20.8. The van der Waals surface area contributed by atoms with Crippen LogP contribution in [-0.2, 0) is 9.53 Å². The fourth-order valence-corrected chi connectivity index (χ4v) is 5.00. The second kappa shape index (κ2) is 10.6. The van der Waals surface area contributed by atoms with Crippen LogP contribution in [-0.4, -0.2) is 78.0 Å². The van der Waals surface area contributed by atoms with Gasteiger partial charge in [0, 0.05) is 43.7 Å². The van der Waals surface area contributed by atoms with Crippen molar-refractivity contribution in [2.75, 3.05) is 46.5 Å². The number of carbonyl (C=O) groups excluding carboxylic acids is 2. The standard InChI is InChI=1S/C27H27N3O8/c1-36-20-8-3-6-18-16-21(38-26(18)20)24(31)22-23(17-5-2-7-19(15-17)30(34)35)29(27(33)25(22)32)10-4-9-28-11-13-37-14-12-28/h2-3,5-8,15-16,23,32H,4,9-14H2,1H3/t23-/m1/s1. The number of furan rings is 1. The fourth-order valence-electron chi connectivity index (χ4n) is 5.00. The molecule has 0 saturated carbocycles. The first-order chi connectivity index (χ1) is 18.4. The molecule has 11 nitrogen and oxygen atoms in total. The zero-order valence-corrected chi connectivity index (χ0v) is 20.8. The molecule has 2 aromatic carbocycles. The number of morpholine rings is 1. The second-order valence-corrected chi connectivity index (χ2v) is 9.14. The number of hydrogen-bond acceptors (Lipinski definition) is 9. The van der Waals surface area contributed by atoms with Crippen molar-refractivity contribution in [2.24, 2.45) is 0 Å². The van der Waals surface area contributed by atoms with E-state index in [1.807, 2.05) is 0 Å². The summed E-state index contributed by atoms with van der Waals surface area (Å²) in [6.07, 6.45) is 0.577. The highest BCUT2D eigenvalue weighted by atomic mass is 16.6. The molecule has 1 atom stereocenters. The lowest BCUT2D eigenvalue weighted by Gasteiger charge is -2.29. The van der Waals surface area contributed by atoms with E-state index >= 15 is 0 Å². The summed E-state index contributed by atoms with van der Waals surface area (Å²) in [5.74, 6) is -1.72. The molecule has 1 saturated heterocycles. The number of ketones is 1. The van der Waals surface area contributed by atoms with Gasteiger partial charge in [-0.3, -0.25) is 24.6 Å². The highest BCUT2D eigenvalue weighted by molar-refractivity contribution is 6.16. The van der Waals surface area contributed by atoms with E-state index < -0.39 is 28.4 Å². The summed E-state index contributed by atoms with van der Waals surface area (Å²) in [4.78, 5) is 41.6. The molecule has 0 unspecified atom stereocenters. The molecule has 2 aliphatic rings. The Morgan fingerprint density at radius 1 is 1.16 bits per heavy atom. The Bertz CT molecular complexity index is 1420. The van der Waals surface area contributed by atoms with Gasteiger partial charge in [-0.15, -0.1) is 0 Å². The van der Waals surface area contributed by atoms with Gasteiger partial charge in [-0.2, -0.15) is 0 Å². The first kappa shape index (κ1) is 25.4. The molecule has 38 heavy (non-hydrogen) atoms. The van der Waals surface area contributed by atoms with Crippen molar-refractivity contribution in [3.63, 3.8) is 0 Å². The van der Waals surface area contributed by atoms with Crippen molar-refractivity contribution in [3.8, 4) is 5.75 Å². The van der Waals surface area contributed by atoms with Crippen molar-refractivity contribution >= 4 is 28.3 Å². The third-order valence-electron chi connectivity index (χ3n) is 6.87. The van der Waals surface area contributed by atoms with E-state index in [2.05, 4.69) is 4.90 Å². The smallest absolute Gasteiger partial charge is 0.290 e. The number of para-hydroxylation sites is 1. The van der Waals surface area contributed by atoms with E-state index in [1.54, 1.807) is 24.3 Å². The molecule has 11 heteroatoms. The van der Waals surface area contributed by atoms with Gasteiger partial charge in [-0.25, -0.2) is 0 Å². The van der Waals surface area contributed by atoms with Crippen LogP contribution in [0.4, 0.5) is 5.69 Å². The Kier molecular flexibility index (Phi) is 7.12. The Hall–Kier alpha value is -4.22. The van der Waals surface area contributed by atoms with Crippen LogP contribution in [0.5, 0.6) is 5.75 Å². The van der Waals surface area contributed by atoms with Crippen LogP contribution in [0.3, 0.4) is 0 Å². The number of benzene rings is 2. The van der Waals surface area contributed by atoms with Gasteiger partial charge in [0.1, 0.15) is 0 Å². The van der Waals surface area contributed by atoms with Gasteiger partial charge >= 0.3 is 0 Å². The molecule has 0 bridgehead atoms. The molecule has 1 N–H and O–H groups in total. The average Bonchev–Trinajstić information content (AvgIpc) is 3.48. The summed E-state index contributed by atoms with van der Waals surface area (Å²) in [7, 11) is 1.48. The Morgan fingerprint density at radius 2 is 1.92 bits per heavy atom. The number of nitrogens with zero attached hydrogens (tertiary/aromatic N) is 3. The maximum atomic E-state index is 13.8. The van der Waals surface area contributed by atoms with Crippen molar-refractivity contribution in [2.45, 2.75) is 12.5 Å². The summed E-state index contributed by atoms with van der Waals surface area (Å²) >= 11 is 0. The largest absolute Gasteiger partial charge is 0.503 e. The Morgan fingerprint density at radius 3 is 2.66 bits per heavy atom. The van der Waals surface area contributed by atoms with Gasteiger partial charge < -0.3 is 23.9 Å². The third kappa shape index (κ3) is 4.73. The number of nitro benzene ring substituents is 1. The molecule has 0 spiro atoms. The molecule has 3 aromatic rings. The zero-order chi connectivity index (χ0) is 26.8. The van der Waals surface area contributed by atoms with Crippen LogP contribution in [0.15, 0.2) is 64.3 Å². The predicted molar refractivity (Wildman–Crippen MR) is 136 cm³/mol. The monoisotopic (exact) mass is 521 g/mol. The number of Topliss-reactive ketones (excluding diaryl/α,β-unsaturated/α-hetero) is 1. The van der Waals surface area contributed by atoms with Crippen LogP contribution in [0.25, 0.3) is 11.0 Å². The van der Waals surface area contributed by atoms with Crippen molar-refractivity contribution < 1.29 is 33.5 Å². The van der Waals surface area contributed by atoms with E-state index in [-0.39, 0.29) is 23.6 Å². The molecule has 0 aliphatic carbocycles. The molecule has 3 heterocycles. The average molecular weight is 522 g/mol. The van der Waals surface area contributed by atoms with Gasteiger partial charge in [-0.05, 0) is 24.1 Å². The van der Waals surface area contributed by atoms with Gasteiger partial charge in [0.05, 0.1) is 36.9 Å². The quantitative estimate of drug-likeness (QED) is 0.254. The van der Waals surface area contributed by atoms with E-state index in [0.29, 0.717) is 48.5 Å². The highest BCUT2D eigenvalue weighted by Gasteiger charge is 2.44. The highest BCUT2D eigenvalue weighted by Crippen LogP contribution is 2.41. The number of aliphatic hydroxyl groups is 1. The van der Waals surface area contributed by atoms with Crippen LogP contribution in [0.2, 0.25) is 0 Å². The molecule has 1 fully saturated rings. The molecular weight excluding hydrogens is 494 g/mol. The predicted octanol–water partition coefficient (Wildman–Crippen LogP) is 3.65. The number of fused-ring (bicyclic) bond motifs is 1.